The van der Waals surface area contributed by atoms with Gasteiger partial charge in [0.15, 0.2) is 0 Å². The minimum Gasteiger partial charge on any atom is -0.478 e. The predicted molar refractivity (Wildman–Crippen MR) is 102 cm³/mol. The van der Waals surface area contributed by atoms with Crippen LogP contribution in [0.5, 0.6) is 0 Å². The van der Waals surface area contributed by atoms with Crippen LogP contribution in [0, 0.1) is 6.92 Å². The molecule has 1 atom stereocenters. The van der Waals surface area contributed by atoms with Crippen molar-refractivity contribution in [2.75, 3.05) is 5.32 Å². The van der Waals surface area contributed by atoms with Crippen LogP contribution in [0.15, 0.2) is 30.3 Å². The molecule has 2 heterocycles. The molecule has 0 radical (unpaired) electrons. The minimum absolute atomic E-state index is 0.150. The predicted octanol–water partition coefficient (Wildman–Crippen LogP) is 3.17. The molecule has 27 heavy (non-hydrogen) atoms. The maximum absolute atomic E-state index is 12.6. The van der Waals surface area contributed by atoms with E-state index in [0.717, 1.165) is 16.0 Å². The molecular weight excluding hydrogens is 366 g/mol. The number of hydrogen-bond acceptors (Lipinski definition) is 6. The molecule has 1 unspecified atom stereocenters. The molecule has 0 aliphatic rings. The number of aromatic carboxylic acids is 1. The van der Waals surface area contributed by atoms with E-state index in [1.165, 1.54) is 16.1 Å². The number of aromatic nitrogens is 4. The Morgan fingerprint density at radius 2 is 2.00 bits per heavy atom. The monoisotopic (exact) mass is 385 g/mol. The molecule has 1 amide bonds. The second kappa shape index (κ2) is 7.67. The normalized spacial score (nSPS) is 12.0. The van der Waals surface area contributed by atoms with Crippen LogP contribution in [-0.2, 0) is 11.2 Å². The van der Waals surface area contributed by atoms with Crippen LogP contribution >= 0.6 is 11.3 Å². The third-order valence-electron chi connectivity index (χ3n) is 4.20. The molecule has 9 heteroatoms. The molecule has 0 spiro atoms. The van der Waals surface area contributed by atoms with Crippen LogP contribution in [0.3, 0.4) is 0 Å². The number of carbonyl (C=O) groups excluding carboxylic acids is 1. The first-order valence-electron chi connectivity index (χ1n) is 8.43. The van der Waals surface area contributed by atoms with Gasteiger partial charge in [0, 0.05) is 10.4 Å². The summed E-state index contributed by atoms with van der Waals surface area (Å²) < 4.78 is 0. The van der Waals surface area contributed by atoms with Crippen molar-refractivity contribution in [3.63, 3.8) is 0 Å². The second-order valence-electron chi connectivity index (χ2n) is 5.96. The number of nitrogens with zero attached hydrogens (tertiary/aromatic N) is 4. The number of carboxylic acids is 1. The van der Waals surface area contributed by atoms with Crippen LogP contribution in [0.2, 0.25) is 0 Å². The first-order chi connectivity index (χ1) is 12.9. The molecular formula is C18H19N5O3S. The summed E-state index contributed by atoms with van der Waals surface area (Å²) >= 11 is 1.26. The Morgan fingerprint density at radius 1 is 1.30 bits per heavy atom. The van der Waals surface area contributed by atoms with E-state index in [0.29, 0.717) is 17.2 Å². The van der Waals surface area contributed by atoms with Crippen molar-refractivity contribution in [3.8, 4) is 11.4 Å². The van der Waals surface area contributed by atoms with Crippen LogP contribution in [0.4, 0.5) is 5.00 Å². The summed E-state index contributed by atoms with van der Waals surface area (Å²) in [5.41, 5.74) is 1.68. The zero-order valence-corrected chi connectivity index (χ0v) is 15.9. The van der Waals surface area contributed by atoms with E-state index >= 15 is 0 Å². The Morgan fingerprint density at radius 3 is 2.63 bits per heavy atom. The average Bonchev–Trinajstić information content (AvgIpc) is 3.26. The molecule has 0 saturated heterocycles. The maximum atomic E-state index is 12.6. The summed E-state index contributed by atoms with van der Waals surface area (Å²) in [6.07, 6.45) is 0.584. The fourth-order valence-electron chi connectivity index (χ4n) is 2.73. The first-order valence-corrected chi connectivity index (χ1v) is 9.25. The summed E-state index contributed by atoms with van der Waals surface area (Å²) in [6.45, 7) is 5.37. The molecule has 3 aromatic rings. The van der Waals surface area contributed by atoms with Gasteiger partial charge in [0.1, 0.15) is 11.0 Å². The van der Waals surface area contributed by atoms with Gasteiger partial charge >= 0.3 is 5.97 Å². The SMILES string of the molecule is CCc1c(C)sc(NC(=O)C(C)n2nnc(-c3ccccc3)n2)c1C(=O)O. The van der Waals surface area contributed by atoms with Gasteiger partial charge in [-0.25, -0.2) is 4.79 Å². The van der Waals surface area contributed by atoms with E-state index < -0.39 is 17.9 Å². The largest absolute Gasteiger partial charge is 0.478 e. The lowest BCUT2D eigenvalue weighted by molar-refractivity contribution is -0.119. The molecule has 3 rings (SSSR count). The van der Waals surface area contributed by atoms with Crippen molar-refractivity contribution in [2.45, 2.75) is 33.2 Å². The van der Waals surface area contributed by atoms with E-state index in [1.54, 1.807) is 6.92 Å². The summed E-state index contributed by atoms with van der Waals surface area (Å²) in [7, 11) is 0. The smallest absolute Gasteiger partial charge is 0.339 e. The van der Waals surface area contributed by atoms with Crippen molar-refractivity contribution in [1.82, 2.24) is 20.2 Å². The number of anilines is 1. The lowest BCUT2D eigenvalue weighted by Crippen LogP contribution is -2.25. The van der Waals surface area contributed by atoms with E-state index in [-0.39, 0.29) is 5.56 Å². The Balaban J connectivity index is 1.81. The lowest BCUT2D eigenvalue weighted by Gasteiger charge is -2.10. The fraction of sp³-hybridized carbons (Fsp3) is 0.278. The standard InChI is InChI=1S/C18H19N5O3S/c1-4-13-11(3)27-17(14(13)18(25)26)19-16(24)10(2)23-21-15(20-22-23)12-8-6-5-7-9-12/h5-10H,4H2,1-3H3,(H,19,24)(H,25,26). The second-order valence-corrected chi connectivity index (χ2v) is 7.19. The third kappa shape index (κ3) is 3.72. The Bertz CT molecular complexity index is 980. The summed E-state index contributed by atoms with van der Waals surface area (Å²) in [6, 6.07) is 8.58. The van der Waals surface area contributed by atoms with Crippen molar-refractivity contribution in [2.24, 2.45) is 0 Å². The van der Waals surface area contributed by atoms with E-state index in [1.807, 2.05) is 44.2 Å². The third-order valence-corrected chi connectivity index (χ3v) is 5.26. The Labute approximate surface area is 159 Å². The lowest BCUT2D eigenvalue weighted by atomic mass is 10.1. The average molecular weight is 385 g/mol. The number of rotatable bonds is 6. The summed E-state index contributed by atoms with van der Waals surface area (Å²) in [5, 5.41) is 24.7. The number of aryl methyl sites for hydroxylation is 1. The zero-order valence-electron chi connectivity index (χ0n) is 15.1. The molecule has 0 aliphatic carbocycles. The highest BCUT2D eigenvalue weighted by Crippen LogP contribution is 2.33. The maximum Gasteiger partial charge on any atom is 0.339 e. The number of hydrogen-bond donors (Lipinski definition) is 2. The van der Waals surface area contributed by atoms with Crippen LogP contribution in [0.25, 0.3) is 11.4 Å². The highest BCUT2D eigenvalue weighted by atomic mass is 32.1. The number of amides is 1. The quantitative estimate of drug-likeness (QED) is 0.674. The van der Waals surface area contributed by atoms with Crippen LogP contribution in [-0.4, -0.2) is 37.2 Å². The van der Waals surface area contributed by atoms with Gasteiger partial charge in [-0.3, -0.25) is 4.79 Å². The molecule has 1 aromatic carbocycles. The van der Waals surface area contributed by atoms with Gasteiger partial charge in [-0.1, -0.05) is 37.3 Å². The molecule has 0 aliphatic heterocycles. The number of nitrogens with one attached hydrogen (secondary N) is 1. The van der Waals surface area contributed by atoms with Gasteiger partial charge in [-0.05, 0) is 31.0 Å². The fourth-order valence-corrected chi connectivity index (χ4v) is 3.87. The number of benzene rings is 1. The van der Waals surface area contributed by atoms with Gasteiger partial charge in [0.25, 0.3) is 5.91 Å². The Hall–Kier alpha value is -3.07. The van der Waals surface area contributed by atoms with Gasteiger partial charge in [-0.15, -0.1) is 21.5 Å². The van der Waals surface area contributed by atoms with E-state index in [9.17, 15) is 14.7 Å². The molecule has 0 bridgehead atoms. The van der Waals surface area contributed by atoms with Crippen molar-refractivity contribution in [3.05, 3.63) is 46.3 Å². The van der Waals surface area contributed by atoms with Crippen molar-refractivity contribution >= 4 is 28.2 Å². The number of carboxylic acid groups (broad SMARTS) is 1. The minimum atomic E-state index is -1.05. The molecule has 2 N–H and O–H groups in total. The van der Waals surface area contributed by atoms with E-state index in [4.69, 9.17) is 0 Å². The molecule has 0 saturated carbocycles. The summed E-state index contributed by atoms with van der Waals surface area (Å²) in [5.74, 6) is -1.04. The van der Waals surface area contributed by atoms with E-state index in [2.05, 4.69) is 20.7 Å². The van der Waals surface area contributed by atoms with Gasteiger partial charge in [0.05, 0.1) is 5.56 Å². The van der Waals surface area contributed by atoms with Gasteiger partial charge in [-0.2, -0.15) is 4.80 Å². The number of carbonyl (C=O) groups is 2. The Kier molecular flexibility index (Phi) is 5.31. The van der Waals surface area contributed by atoms with Gasteiger partial charge in [0.2, 0.25) is 5.82 Å². The molecule has 2 aromatic heterocycles. The zero-order chi connectivity index (χ0) is 19.6. The molecule has 140 valence electrons. The number of thiophene rings is 1. The summed E-state index contributed by atoms with van der Waals surface area (Å²) in [4.78, 5) is 26.3. The highest BCUT2D eigenvalue weighted by Gasteiger charge is 2.25. The van der Waals surface area contributed by atoms with Crippen molar-refractivity contribution < 1.29 is 14.7 Å². The van der Waals surface area contributed by atoms with Gasteiger partial charge < -0.3 is 10.4 Å². The number of tetrazole rings is 1. The first kappa shape index (κ1) is 18.7. The molecule has 8 nitrogen and oxygen atoms in total. The van der Waals surface area contributed by atoms with Crippen molar-refractivity contribution in [1.29, 1.82) is 0 Å². The van der Waals surface area contributed by atoms with Crippen LogP contribution in [0.1, 0.15) is 40.7 Å². The molecule has 0 fully saturated rings. The highest BCUT2D eigenvalue weighted by molar-refractivity contribution is 7.16. The topological polar surface area (TPSA) is 110 Å². The van der Waals surface area contributed by atoms with Crippen LogP contribution < -0.4 is 5.32 Å².